The number of unbranched alkanes of at least 4 members (excludes halogenated alkanes) is 1. The van der Waals surface area contributed by atoms with Crippen LogP contribution in [0, 0.1) is 29.6 Å². The quantitative estimate of drug-likeness (QED) is 0.490. The molecular formula is C23H33N3O4. The number of hydrogen-bond acceptors (Lipinski definition) is 7. The molecule has 0 aliphatic carbocycles. The lowest BCUT2D eigenvalue weighted by Crippen LogP contribution is -2.38. The second-order valence-corrected chi connectivity index (χ2v) is 9.02. The Morgan fingerprint density at radius 2 is 1.93 bits per heavy atom. The zero-order chi connectivity index (χ0) is 22.3. The van der Waals surface area contributed by atoms with Crippen LogP contribution in [0.5, 0.6) is 0 Å². The molecule has 7 heteroatoms. The van der Waals surface area contributed by atoms with Crippen molar-refractivity contribution in [1.82, 2.24) is 4.98 Å². The number of ether oxygens (including phenoxy) is 2. The molecule has 164 valence electrons. The van der Waals surface area contributed by atoms with Gasteiger partial charge in [-0.3, -0.25) is 4.79 Å². The van der Waals surface area contributed by atoms with E-state index >= 15 is 0 Å². The first-order valence-corrected chi connectivity index (χ1v) is 10.7. The summed E-state index contributed by atoms with van der Waals surface area (Å²) in [4.78, 5) is 31.2. The van der Waals surface area contributed by atoms with Crippen molar-refractivity contribution >= 4 is 17.8 Å². The molecule has 1 aliphatic rings. The number of carbonyl (C=O) groups excluding carboxylic acids is 2. The molecule has 2 rings (SSSR count). The highest BCUT2D eigenvalue weighted by atomic mass is 16.5. The van der Waals surface area contributed by atoms with Crippen LogP contribution in [0.2, 0.25) is 0 Å². The van der Waals surface area contributed by atoms with Crippen molar-refractivity contribution in [2.45, 2.75) is 60.3 Å². The molecule has 0 radical (unpaired) electrons. The molecule has 1 saturated heterocycles. The standard InChI is InChI=1S/C23H33N3O4/c1-6-7-12-29-21(27)17-8-10-26(11-9-17)20-18(14-24)13-19(16(2)25-20)22(28)30-15-23(3,4)5/h13,17H,6-12,15H2,1-5H3. The molecule has 0 atom stereocenters. The normalized spacial score (nSPS) is 14.9. The summed E-state index contributed by atoms with van der Waals surface area (Å²) in [6, 6.07) is 3.72. The molecule has 0 unspecified atom stereocenters. The first kappa shape index (κ1) is 23.7. The number of aryl methyl sites for hydroxylation is 1. The van der Waals surface area contributed by atoms with Crippen LogP contribution in [0.1, 0.15) is 75.0 Å². The van der Waals surface area contributed by atoms with Crippen molar-refractivity contribution < 1.29 is 19.1 Å². The zero-order valence-electron chi connectivity index (χ0n) is 18.8. The van der Waals surface area contributed by atoms with Crippen molar-refractivity contribution in [3.63, 3.8) is 0 Å². The van der Waals surface area contributed by atoms with Crippen molar-refractivity contribution in [3.05, 3.63) is 22.9 Å². The highest BCUT2D eigenvalue weighted by Gasteiger charge is 2.29. The predicted octanol–water partition coefficient (Wildman–Crippen LogP) is 4.02. The summed E-state index contributed by atoms with van der Waals surface area (Å²) < 4.78 is 10.7. The third kappa shape index (κ3) is 6.45. The van der Waals surface area contributed by atoms with E-state index in [1.807, 2.05) is 25.7 Å². The van der Waals surface area contributed by atoms with Crippen molar-refractivity contribution in [2.24, 2.45) is 11.3 Å². The Morgan fingerprint density at radius 1 is 1.27 bits per heavy atom. The number of nitrogens with zero attached hydrogens (tertiary/aromatic N) is 3. The molecule has 1 aromatic heterocycles. The fourth-order valence-corrected chi connectivity index (χ4v) is 3.24. The van der Waals surface area contributed by atoms with Gasteiger partial charge in [0.25, 0.3) is 0 Å². The summed E-state index contributed by atoms with van der Waals surface area (Å²) in [7, 11) is 0. The molecule has 0 N–H and O–H groups in total. The second-order valence-electron chi connectivity index (χ2n) is 9.02. The highest BCUT2D eigenvalue weighted by Crippen LogP contribution is 2.27. The first-order chi connectivity index (χ1) is 14.2. The van der Waals surface area contributed by atoms with Gasteiger partial charge in [0.2, 0.25) is 0 Å². The molecular weight excluding hydrogens is 382 g/mol. The van der Waals surface area contributed by atoms with E-state index in [2.05, 4.69) is 18.0 Å². The van der Waals surface area contributed by atoms with Gasteiger partial charge < -0.3 is 14.4 Å². The van der Waals surface area contributed by atoms with Gasteiger partial charge in [-0.2, -0.15) is 5.26 Å². The summed E-state index contributed by atoms with van der Waals surface area (Å²) in [5, 5.41) is 9.62. The number of hydrogen-bond donors (Lipinski definition) is 0. The van der Waals surface area contributed by atoms with Gasteiger partial charge in [-0.15, -0.1) is 0 Å². The number of pyridine rings is 1. The van der Waals surface area contributed by atoms with E-state index in [4.69, 9.17) is 9.47 Å². The van der Waals surface area contributed by atoms with Gasteiger partial charge in [-0.1, -0.05) is 34.1 Å². The summed E-state index contributed by atoms with van der Waals surface area (Å²) in [6.45, 7) is 11.7. The molecule has 0 aromatic carbocycles. The predicted molar refractivity (Wildman–Crippen MR) is 114 cm³/mol. The Bertz CT molecular complexity index is 800. The van der Waals surface area contributed by atoms with Crippen molar-refractivity contribution in [3.8, 4) is 6.07 Å². The Morgan fingerprint density at radius 3 is 2.50 bits per heavy atom. The summed E-state index contributed by atoms with van der Waals surface area (Å²) in [5.41, 5.74) is 1.04. The average molecular weight is 416 g/mol. The molecule has 1 aliphatic heterocycles. The van der Waals surface area contributed by atoms with Crippen molar-refractivity contribution in [1.29, 1.82) is 5.26 Å². The van der Waals surface area contributed by atoms with Gasteiger partial charge >= 0.3 is 11.9 Å². The molecule has 30 heavy (non-hydrogen) atoms. The molecule has 0 saturated carbocycles. The second kappa shape index (κ2) is 10.4. The largest absolute Gasteiger partial charge is 0.465 e. The van der Waals surface area contributed by atoms with Crippen LogP contribution in [0.15, 0.2) is 6.07 Å². The van der Waals surface area contributed by atoms with Gasteiger partial charge in [-0.05, 0) is 37.7 Å². The fraction of sp³-hybridized carbons (Fsp3) is 0.652. The van der Waals surface area contributed by atoms with Crippen LogP contribution < -0.4 is 4.90 Å². The highest BCUT2D eigenvalue weighted by molar-refractivity contribution is 5.91. The van der Waals surface area contributed by atoms with E-state index < -0.39 is 5.97 Å². The minimum absolute atomic E-state index is 0.114. The lowest BCUT2D eigenvalue weighted by Gasteiger charge is -2.32. The van der Waals surface area contributed by atoms with Crippen molar-refractivity contribution in [2.75, 3.05) is 31.2 Å². The maximum absolute atomic E-state index is 12.5. The molecule has 0 spiro atoms. The lowest BCUT2D eigenvalue weighted by atomic mass is 9.96. The Kier molecular flexibility index (Phi) is 8.22. The van der Waals surface area contributed by atoms with Crippen LogP contribution in [0.3, 0.4) is 0 Å². The van der Waals surface area contributed by atoms with E-state index in [0.29, 0.717) is 55.2 Å². The van der Waals surface area contributed by atoms with E-state index in [1.54, 1.807) is 13.0 Å². The number of anilines is 1. The molecule has 0 amide bonds. The third-order valence-corrected chi connectivity index (χ3v) is 5.04. The Hall–Kier alpha value is -2.62. The molecule has 7 nitrogen and oxygen atoms in total. The lowest BCUT2D eigenvalue weighted by molar-refractivity contribution is -0.149. The summed E-state index contributed by atoms with van der Waals surface area (Å²) >= 11 is 0. The van der Waals surface area contributed by atoms with Crippen LogP contribution >= 0.6 is 0 Å². The smallest absolute Gasteiger partial charge is 0.340 e. The van der Waals surface area contributed by atoms with E-state index in [0.717, 1.165) is 12.8 Å². The number of aromatic nitrogens is 1. The first-order valence-electron chi connectivity index (χ1n) is 10.7. The molecule has 2 heterocycles. The minimum atomic E-state index is -0.466. The van der Waals surface area contributed by atoms with Gasteiger partial charge in [0.1, 0.15) is 11.9 Å². The maximum atomic E-state index is 12.5. The molecule has 1 aromatic rings. The number of piperidine rings is 1. The molecule has 1 fully saturated rings. The summed E-state index contributed by atoms with van der Waals surface area (Å²) in [6.07, 6.45) is 3.19. The minimum Gasteiger partial charge on any atom is -0.465 e. The fourth-order valence-electron chi connectivity index (χ4n) is 3.24. The summed E-state index contributed by atoms with van der Waals surface area (Å²) in [5.74, 6) is -0.159. The Labute approximate surface area is 179 Å². The van der Waals surface area contributed by atoms with Gasteiger partial charge in [0, 0.05) is 13.1 Å². The average Bonchev–Trinajstić information content (AvgIpc) is 2.71. The van der Waals surface area contributed by atoms with E-state index in [9.17, 15) is 14.9 Å². The number of nitriles is 1. The molecule has 0 bridgehead atoms. The van der Waals surface area contributed by atoms with Crippen LogP contribution in [-0.4, -0.2) is 43.2 Å². The number of rotatable bonds is 7. The van der Waals surface area contributed by atoms with Crippen LogP contribution in [0.25, 0.3) is 0 Å². The number of esters is 2. The van der Waals surface area contributed by atoms with Gasteiger partial charge in [0.15, 0.2) is 0 Å². The Balaban J connectivity index is 2.07. The van der Waals surface area contributed by atoms with Crippen LogP contribution in [0.4, 0.5) is 5.82 Å². The zero-order valence-corrected chi connectivity index (χ0v) is 18.8. The topological polar surface area (TPSA) is 92.5 Å². The van der Waals surface area contributed by atoms with Gasteiger partial charge in [0.05, 0.1) is 36.0 Å². The van der Waals surface area contributed by atoms with E-state index in [1.165, 1.54) is 0 Å². The van der Waals surface area contributed by atoms with Crippen LogP contribution in [-0.2, 0) is 14.3 Å². The monoisotopic (exact) mass is 415 g/mol. The SMILES string of the molecule is CCCCOC(=O)C1CCN(c2nc(C)c(C(=O)OCC(C)(C)C)cc2C#N)CC1. The third-order valence-electron chi connectivity index (χ3n) is 5.04. The maximum Gasteiger partial charge on any atom is 0.340 e. The number of carbonyl (C=O) groups is 2. The van der Waals surface area contributed by atoms with E-state index in [-0.39, 0.29) is 23.9 Å². The van der Waals surface area contributed by atoms with Gasteiger partial charge in [-0.25, -0.2) is 9.78 Å².